The van der Waals surface area contributed by atoms with Crippen LogP contribution in [0, 0.1) is 11.6 Å². The molecule has 1 fully saturated rings. The Balaban J connectivity index is 1.69. The van der Waals surface area contributed by atoms with Gasteiger partial charge in [-0.05, 0) is 56.4 Å². The molecule has 24 heavy (non-hydrogen) atoms. The molecule has 1 aromatic rings. The van der Waals surface area contributed by atoms with Crippen LogP contribution in [0.1, 0.15) is 44.6 Å². The first-order valence-electron chi connectivity index (χ1n) is 8.47. The smallest absolute Gasteiger partial charge is 0.224 e. The summed E-state index contributed by atoms with van der Waals surface area (Å²) in [6.45, 7) is 3.10. The van der Waals surface area contributed by atoms with Crippen LogP contribution in [-0.4, -0.2) is 35.8 Å². The number of hydrogen-bond donors (Lipinski definition) is 1. The number of benzene rings is 1. The van der Waals surface area contributed by atoms with Crippen molar-refractivity contribution in [3.63, 3.8) is 0 Å². The number of hydrogen-bond acceptors (Lipinski definition) is 2. The van der Waals surface area contributed by atoms with Gasteiger partial charge in [-0.1, -0.05) is 0 Å². The Bertz CT molecular complexity index is 592. The fourth-order valence-corrected chi connectivity index (χ4v) is 2.99. The molecule has 0 spiro atoms. The monoisotopic (exact) mass is 338 g/mol. The second-order valence-electron chi connectivity index (χ2n) is 6.27. The maximum atomic E-state index is 13.5. The van der Waals surface area contributed by atoms with E-state index in [0.717, 1.165) is 44.0 Å². The number of nitrogens with one attached hydrogen (secondary N) is 1. The van der Waals surface area contributed by atoms with E-state index in [4.69, 9.17) is 0 Å². The van der Waals surface area contributed by atoms with Crippen molar-refractivity contribution in [1.82, 2.24) is 10.2 Å². The summed E-state index contributed by atoms with van der Waals surface area (Å²) in [5.41, 5.74) is 0.184. The van der Waals surface area contributed by atoms with E-state index < -0.39 is 11.6 Å². The summed E-state index contributed by atoms with van der Waals surface area (Å²) in [6.07, 6.45) is 3.67. The van der Waals surface area contributed by atoms with E-state index >= 15 is 0 Å². The van der Waals surface area contributed by atoms with E-state index in [1.54, 1.807) is 0 Å². The molecule has 0 saturated carbocycles. The number of piperidine rings is 1. The zero-order chi connectivity index (χ0) is 17.5. The van der Waals surface area contributed by atoms with Crippen LogP contribution >= 0.6 is 0 Å². The Morgan fingerprint density at radius 3 is 2.79 bits per heavy atom. The Morgan fingerprint density at radius 1 is 1.25 bits per heavy atom. The van der Waals surface area contributed by atoms with Gasteiger partial charge in [-0.15, -0.1) is 0 Å². The third-order valence-corrected chi connectivity index (χ3v) is 4.41. The number of likely N-dealkylation sites (tertiary alicyclic amines) is 1. The largest absolute Gasteiger partial charge is 0.356 e. The highest BCUT2D eigenvalue weighted by Crippen LogP contribution is 2.17. The molecule has 0 bridgehead atoms. The molecule has 4 nitrogen and oxygen atoms in total. The van der Waals surface area contributed by atoms with Crippen molar-refractivity contribution in [1.29, 1.82) is 0 Å². The number of carbonyl (C=O) groups excluding carboxylic acids is 2. The molecule has 1 aliphatic heterocycles. The van der Waals surface area contributed by atoms with Gasteiger partial charge in [0.2, 0.25) is 11.8 Å². The highest BCUT2D eigenvalue weighted by atomic mass is 19.1. The summed E-state index contributed by atoms with van der Waals surface area (Å²) in [4.78, 5) is 25.8. The molecule has 1 heterocycles. The SMILES string of the molecule is C[C@@H]1CCCCN1C(=O)CCNC(=O)CCc1cc(F)ccc1F. The minimum Gasteiger partial charge on any atom is -0.356 e. The third-order valence-electron chi connectivity index (χ3n) is 4.41. The van der Waals surface area contributed by atoms with Gasteiger partial charge >= 0.3 is 0 Å². The van der Waals surface area contributed by atoms with Crippen LogP contribution in [0.3, 0.4) is 0 Å². The number of amides is 2. The van der Waals surface area contributed by atoms with Crippen LogP contribution in [0.2, 0.25) is 0 Å². The number of nitrogens with zero attached hydrogens (tertiary/aromatic N) is 1. The van der Waals surface area contributed by atoms with Crippen LogP contribution in [0.25, 0.3) is 0 Å². The molecule has 1 N–H and O–H groups in total. The zero-order valence-corrected chi connectivity index (χ0v) is 14.0. The van der Waals surface area contributed by atoms with Crippen LogP contribution in [0.15, 0.2) is 18.2 Å². The number of aryl methyl sites for hydroxylation is 1. The zero-order valence-electron chi connectivity index (χ0n) is 14.0. The van der Waals surface area contributed by atoms with Gasteiger partial charge in [0.1, 0.15) is 11.6 Å². The lowest BCUT2D eigenvalue weighted by molar-refractivity contribution is -0.134. The molecule has 1 saturated heterocycles. The van der Waals surface area contributed by atoms with Gasteiger partial charge in [-0.25, -0.2) is 8.78 Å². The second kappa shape index (κ2) is 8.76. The normalized spacial score (nSPS) is 17.6. The number of carbonyl (C=O) groups is 2. The summed E-state index contributed by atoms with van der Waals surface area (Å²) in [6, 6.07) is 3.47. The Hall–Kier alpha value is -1.98. The van der Waals surface area contributed by atoms with Gasteiger partial charge in [-0.3, -0.25) is 9.59 Å². The maximum Gasteiger partial charge on any atom is 0.224 e. The lowest BCUT2D eigenvalue weighted by Crippen LogP contribution is -2.43. The van der Waals surface area contributed by atoms with Crippen LogP contribution in [0.5, 0.6) is 0 Å². The van der Waals surface area contributed by atoms with Crippen molar-refractivity contribution in [3.05, 3.63) is 35.4 Å². The second-order valence-corrected chi connectivity index (χ2v) is 6.27. The van der Waals surface area contributed by atoms with Gasteiger partial charge < -0.3 is 10.2 Å². The van der Waals surface area contributed by atoms with Crippen molar-refractivity contribution >= 4 is 11.8 Å². The molecule has 132 valence electrons. The van der Waals surface area contributed by atoms with Gasteiger partial charge in [0.05, 0.1) is 0 Å². The quantitative estimate of drug-likeness (QED) is 0.867. The van der Waals surface area contributed by atoms with E-state index in [2.05, 4.69) is 5.32 Å². The predicted molar refractivity (Wildman–Crippen MR) is 87.3 cm³/mol. The highest BCUT2D eigenvalue weighted by molar-refractivity contribution is 5.79. The van der Waals surface area contributed by atoms with E-state index in [-0.39, 0.29) is 49.2 Å². The lowest BCUT2D eigenvalue weighted by Gasteiger charge is -2.33. The molecule has 2 amide bonds. The van der Waals surface area contributed by atoms with Crippen molar-refractivity contribution in [2.75, 3.05) is 13.1 Å². The molecule has 0 unspecified atom stereocenters. The summed E-state index contributed by atoms with van der Waals surface area (Å²) in [5.74, 6) is -1.25. The fourth-order valence-electron chi connectivity index (χ4n) is 2.99. The van der Waals surface area contributed by atoms with E-state index in [0.29, 0.717) is 0 Å². The van der Waals surface area contributed by atoms with Gasteiger partial charge in [0.15, 0.2) is 0 Å². The maximum absolute atomic E-state index is 13.5. The highest BCUT2D eigenvalue weighted by Gasteiger charge is 2.22. The van der Waals surface area contributed by atoms with Crippen molar-refractivity contribution in [3.8, 4) is 0 Å². The van der Waals surface area contributed by atoms with Crippen LogP contribution < -0.4 is 5.32 Å². The molecule has 0 aliphatic carbocycles. The first-order chi connectivity index (χ1) is 11.5. The number of halogens is 2. The Kier molecular flexibility index (Phi) is 6.70. The van der Waals surface area contributed by atoms with E-state index in [9.17, 15) is 18.4 Å². The van der Waals surface area contributed by atoms with Gasteiger partial charge in [-0.2, -0.15) is 0 Å². The summed E-state index contributed by atoms with van der Waals surface area (Å²) in [7, 11) is 0. The van der Waals surface area contributed by atoms with Crippen LogP contribution in [0.4, 0.5) is 8.78 Å². The predicted octanol–water partition coefficient (Wildman–Crippen LogP) is 2.80. The molecule has 0 aromatic heterocycles. The molecule has 1 aliphatic rings. The number of rotatable bonds is 6. The van der Waals surface area contributed by atoms with E-state index in [1.165, 1.54) is 0 Å². The van der Waals surface area contributed by atoms with Crippen molar-refractivity contribution < 1.29 is 18.4 Å². The Morgan fingerprint density at radius 2 is 2.04 bits per heavy atom. The van der Waals surface area contributed by atoms with Crippen molar-refractivity contribution in [2.24, 2.45) is 0 Å². The summed E-state index contributed by atoms with van der Waals surface area (Å²) >= 11 is 0. The van der Waals surface area contributed by atoms with Gasteiger partial charge in [0, 0.05) is 32.0 Å². The average Bonchev–Trinajstić information content (AvgIpc) is 2.56. The first-order valence-corrected chi connectivity index (χ1v) is 8.47. The molecule has 2 rings (SSSR count). The molecular formula is C18H24F2N2O2. The minimum atomic E-state index is -0.520. The minimum absolute atomic E-state index is 0.0543. The topological polar surface area (TPSA) is 49.4 Å². The molecular weight excluding hydrogens is 314 g/mol. The molecule has 1 aromatic carbocycles. The van der Waals surface area contributed by atoms with Gasteiger partial charge in [0.25, 0.3) is 0 Å². The third kappa shape index (κ3) is 5.28. The fraction of sp³-hybridized carbons (Fsp3) is 0.556. The summed E-state index contributed by atoms with van der Waals surface area (Å²) in [5, 5.41) is 2.67. The van der Waals surface area contributed by atoms with Crippen molar-refractivity contribution in [2.45, 2.75) is 51.5 Å². The first kappa shape index (κ1) is 18.4. The van der Waals surface area contributed by atoms with Crippen LogP contribution in [-0.2, 0) is 16.0 Å². The molecule has 6 heteroatoms. The lowest BCUT2D eigenvalue weighted by atomic mass is 10.0. The average molecular weight is 338 g/mol. The summed E-state index contributed by atoms with van der Waals surface area (Å²) < 4.78 is 26.5. The molecule has 0 radical (unpaired) electrons. The standard InChI is InChI=1S/C18H24F2N2O2/c1-13-4-2-3-11-22(13)18(24)9-10-21-17(23)8-5-14-12-15(19)6-7-16(14)20/h6-7,12-13H,2-5,8-11H2,1H3,(H,21,23)/t13-/m1/s1. The van der Waals surface area contributed by atoms with E-state index in [1.807, 2.05) is 11.8 Å². The molecule has 1 atom stereocenters. The Labute approximate surface area is 141 Å².